The van der Waals surface area contributed by atoms with E-state index in [9.17, 15) is 9.18 Å². The third-order valence-electron chi connectivity index (χ3n) is 4.53. The molecule has 0 spiro atoms. The summed E-state index contributed by atoms with van der Waals surface area (Å²) in [6.45, 7) is 1.45. The first kappa shape index (κ1) is 19.6. The first-order chi connectivity index (χ1) is 13.3. The number of nitrogens with zero attached hydrogens (tertiary/aromatic N) is 4. The number of hydrogen-bond acceptors (Lipinski definition) is 6. The van der Waals surface area contributed by atoms with Crippen molar-refractivity contribution in [3.05, 3.63) is 36.0 Å². The van der Waals surface area contributed by atoms with Gasteiger partial charge in [0.15, 0.2) is 5.82 Å². The number of methoxy groups -OCH3 is 1. The standard InChI is InChI=1S/C19H23FN6O2/c1-25(2)5-6-26(3)14-8-12(11-7-13(20)19(28-4)22-9-11)16-17(24-10-23-16)15(14)18(21)27/h7-10H,5-6H2,1-4H3,(H2,21,27)(H,23,24). The fourth-order valence-corrected chi connectivity index (χ4v) is 3.06. The number of halogens is 1. The quantitative estimate of drug-likeness (QED) is 0.643. The van der Waals surface area contributed by atoms with Crippen molar-refractivity contribution in [3.8, 4) is 17.0 Å². The Morgan fingerprint density at radius 1 is 1.25 bits per heavy atom. The van der Waals surface area contributed by atoms with E-state index >= 15 is 0 Å². The van der Waals surface area contributed by atoms with Gasteiger partial charge in [0.1, 0.15) is 0 Å². The maximum Gasteiger partial charge on any atom is 0.253 e. The number of rotatable bonds is 7. The van der Waals surface area contributed by atoms with Crippen LogP contribution in [-0.4, -0.2) is 67.1 Å². The van der Waals surface area contributed by atoms with Crippen LogP contribution < -0.4 is 15.4 Å². The number of carbonyl (C=O) groups is 1. The smallest absolute Gasteiger partial charge is 0.253 e. The van der Waals surface area contributed by atoms with E-state index in [0.717, 1.165) is 6.54 Å². The van der Waals surface area contributed by atoms with Crippen LogP contribution in [0.5, 0.6) is 5.88 Å². The summed E-state index contributed by atoms with van der Waals surface area (Å²) in [7, 11) is 7.18. The summed E-state index contributed by atoms with van der Waals surface area (Å²) >= 11 is 0. The Bertz CT molecular complexity index is 1020. The van der Waals surface area contributed by atoms with Crippen LogP contribution in [0.2, 0.25) is 0 Å². The highest BCUT2D eigenvalue weighted by atomic mass is 19.1. The average Bonchev–Trinajstić information content (AvgIpc) is 3.13. The second-order valence-electron chi connectivity index (χ2n) is 6.75. The highest BCUT2D eigenvalue weighted by Crippen LogP contribution is 2.36. The molecule has 0 saturated carbocycles. The number of likely N-dealkylation sites (N-methyl/N-ethyl adjacent to an activating group) is 2. The number of nitrogens with one attached hydrogen (secondary N) is 1. The Kier molecular flexibility index (Phi) is 5.46. The van der Waals surface area contributed by atoms with Crippen LogP contribution in [0.1, 0.15) is 10.4 Å². The molecule has 0 bridgehead atoms. The van der Waals surface area contributed by atoms with Gasteiger partial charge in [0.2, 0.25) is 5.88 Å². The minimum absolute atomic E-state index is 0.0842. The highest BCUT2D eigenvalue weighted by molar-refractivity contribution is 6.12. The van der Waals surface area contributed by atoms with Crippen LogP contribution in [0.25, 0.3) is 22.2 Å². The maximum atomic E-state index is 14.2. The molecule has 3 rings (SSSR count). The molecule has 0 atom stereocenters. The number of anilines is 1. The van der Waals surface area contributed by atoms with Crippen molar-refractivity contribution >= 4 is 22.6 Å². The summed E-state index contributed by atoms with van der Waals surface area (Å²) in [4.78, 5) is 27.5. The zero-order valence-electron chi connectivity index (χ0n) is 16.3. The van der Waals surface area contributed by atoms with Gasteiger partial charge >= 0.3 is 0 Å². The molecule has 9 heteroatoms. The molecule has 3 aromatic rings. The SMILES string of the molecule is COc1ncc(-c2cc(N(C)CCN(C)C)c(C(N)=O)c3[nH]cnc23)cc1F. The minimum Gasteiger partial charge on any atom is -0.479 e. The number of fused-ring (bicyclic) bond motifs is 1. The number of H-pyrrole nitrogens is 1. The second kappa shape index (κ2) is 7.81. The molecule has 1 amide bonds. The summed E-state index contributed by atoms with van der Waals surface area (Å²) < 4.78 is 19.1. The van der Waals surface area contributed by atoms with Crippen LogP contribution in [0, 0.1) is 5.82 Å². The molecule has 28 heavy (non-hydrogen) atoms. The van der Waals surface area contributed by atoms with Crippen LogP contribution in [0.4, 0.5) is 10.1 Å². The molecule has 8 nitrogen and oxygen atoms in total. The van der Waals surface area contributed by atoms with Gasteiger partial charge in [-0.15, -0.1) is 0 Å². The molecule has 3 N–H and O–H groups in total. The third kappa shape index (κ3) is 3.61. The minimum atomic E-state index is -0.579. The zero-order valence-corrected chi connectivity index (χ0v) is 16.3. The first-order valence-electron chi connectivity index (χ1n) is 8.69. The van der Waals surface area contributed by atoms with Crippen LogP contribution in [0.3, 0.4) is 0 Å². The zero-order chi connectivity index (χ0) is 20.4. The molecule has 2 aromatic heterocycles. The summed E-state index contributed by atoms with van der Waals surface area (Å²) in [5.74, 6) is -1.23. The summed E-state index contributed by atoms with van der Waals surface area (Å²) in [5.41, 5.74) is 8.84. The van der Waals surface area contributed by atoms with Gasteiger partial charge in [0.25, 0.3) is 5.91 Å². The summed E-state index contributed by atoms with van der Waals surface area (Å²) in [6, 6.07) is 3.13. The van der Waals surface area contributed by atoms with Crippen molar-refractivity contribution in [2.24, 2.45) is 5.73 Å². The van der Waals surface area contributed by atoms with E-state index in [0.29, 0.717) is 40.0 Å². The van der Waals surface area contributed by atoms with E-state index in [4.69, 9.17) is 10.5 Å². The van der Waals surface area contributed by atoms with Crippen molar-refractivity contribution in [1.29, 1.82) is 0 Å². The van der Waals surface area contributed by atoms with Crippen molar-refractivity contribution in [2.45, 2.75) is 0 Å². The molecule has 0 fully saturated rings. The molecule has 1 aromatic carbocycles. The predicted molar refractivity (Wildman–Crippen MR) is 106 cm³/mol. The van der Waals surface area contributed by atoms with Crippen molar-refractivity contribution in [3.63, 3.8) is 0 Å². The van der Waals surface area contributed by atoms with Crippen molar-refractivity contribution < 1.29 is 13.9 Å². The van der Waals surface area contributed by atoms with E-state index in [-0.39, 0.29) is 5.88 Å². The van der Waals surface area contributed by atoms with Crippen LogP contribution in [-0.2, 0) is 0 Å². The Morgan fingerprint density at radius 2 is 2.00 bits per heavy atom. The number of aromatic nitrogens is 3. The Morgan fingerprint density at radius 3 is 2.61 bits per heavy atom. The molecule has 0 aliphatic carbocycles. The molecular formula is C19H23FN6O2. The topological polar surface area (TPSA) is 100 Å². The highest BCUT2D eigenvalue weighted by Gasteiger charge is 2.22. The number of primary amides is 1. The Balaban J connectivity index is 2.21. The van der Waals surface area contributed by atoms with Gasteiger partial charge in [-0.25, -0.2) is 14.4 Å². The second-order valence-corrected chi connectivity index (χ2v) is 6.75. The van der Waals surface area contributed by atoms with Crippen LogP contribution >= 0.6 is 0 Å². The summed E-state index contributed by atoms with van der Waals surface area (Å²) in [5, 5.41) is 0. The third-order valence-corrected chi connectivity index (χ3v) is 4.53. The van der Waals surface area contributed by atoms with Gasteiger partial charge in [0.05, 0.1) is 35.7 Å². The van der Waals surface area contributed by atoms with Crippen molar-refractivity contribution in [2.75, 3.05) is 46.2 Å². The Labute approximate surface area is 162 Å². The van der Waals surface area contributed by atoms with E-state index in [2.05, 4.69) is 15.0 Å². The Hall–Kier alpha value is -3.20. The van der Waals surface area contributed by atoms with Gasteiger partial charge in [-0.2, -0.15) is 0 Å². The number of amides is 1. The number of imidazole rings is 1. The normalized spacial score (nSPS) is 11.2. The largest absolute Gasteiger partial charge is 0.479 e. The number of nitrogens with two attached hydrogens (primary N) is 1. The van der Waals surface area contributed by atoms with Gasteiger partial charge in [-0.1, -0.05) is 0 Å². The van der Waals surface area contributed by atoms with Gasteiger partial charge in [0, 0.05) is 37.5 Å². The lowest BCUT2D eigenvalue weighted by Crippen LogP contribution is -2.30. The summed E-state index contributed by atoms with van der Waals surface area (Å²) in [6.07, 6.45) is 3.00. The molecule has 0 aliphatic heterocycles. The monoisotopic (exact) mass is 386 g/mol. The lowest BCUT2D eigenvalue weighted by Gasteiger charge is -2.24. The molecule has 0 saturated heterocycles. The fourth-order valence-electron chi connectivity index (χ4n) is 3.06. The lowest BCUT2D eigenvalue weighted by molar-refractivity contribution is 0.100. The molecule has 148 valence electrons. The van der Waals surface area contributed by atoms with E-state index in [1.165, 1.54) is 25.7 Å². The van der Waals surface area contributed by atoms with Gasteiger partial charge in [-0.3, -0.25) is 4.79 Å². The number of aromatic amines is 1. The number of ether oxygens (including phenoxy) is 1. The predicted octanol–water partition coefficient (Wildman–Crippen LogP) is 1.87. The number of benzene rings is 1. The van der Waals surface area contributed by atoms with Gasteiger partial charge in [-0.05, 0) is 26.2 Å². The average molecular weight is 386 g/mol. The maximum absolute atomic E-state index is 14.2. The number of pyridine rings is 1. The van der Waals surface area contributed by atoms with E-state index < -0.39 is 11.7 Å². The van der Waals surface area contributed by atoms with Crippen LogP contribution in [0.15, 0.2) is 24.7 Å². The van der Waals surface area contributed by atoms with E-state index in [1.54, 1.807) is 6.07 Å². The van der Waals surface area contributed by atoms with Crippen molar-refractivity contribution in [1.82, 2.24) is 19.9 Å². The molecule has 0 unspecified atom stereocenters. The molecule has 0 radical (unpaired) electrons. The van der Waals surface area contributed by atoms with Gasteiger partial charge < -0.3 is 25.3 Å². The molecule has 2 heterocycles. The number of hydrogen-bond donors (Lipinski definition) is 2. The first-order valence-corrected chi connectivity index (χ1v) is 8.69. The lowest BCUT2D eigenvalue weighted by atomic mass is 9.99. The number of carbonyl (C=O) groups excluding carboxylic acids is 1. The van der Waals surface area contributed by atoms with E-state index in [1.807, 2.05) is 30.9 Å². The fraction of sp³-hybridized carbons (Fsp3) is 0.316. The molecular weight excluding hydrogens is 363 g/mol. The molecule has 0 aliphatic rings.